The van der Waals surface area contributed by atoms with E-state index in [0.29, 0.717) is 18.3 Å². The highest BCUT2D eigenvalue weighted by molar-refractivity contribution is 8.00. The topological polar surface area (TPSA) is 76.1 Å². The number of carbonyl (C=O) groups is 1. The highest BCUT2D eigenvalue weighted by Crippen LogP contribution is 2.26. The van der Waals surface area contributed by atoms with Gasteiger partial charge in [-0.05, 0) is 32.4 Å². The van der Waals surface area contributed by atoms with Crippen LogP contribution in [-0.4, -0.2) is 47.9 Å². The zero-order valence-electron chi connectivity index (χ0n) is 14.3. The maximum atomic E-state index is 12.1. The molecule has 1 amide bonds. The first-order valence-corrected chi connectivity index (χ1v) is 8.97. The molecule has 130 valence electrons. The molecule has 0 bridgehead atoms. The summed E-state index contributed by atoms with van der Waals surface area (Å²) in [5.41, 5.74) is 0.874. The van der Waals surface area contributed by atoms with Gasteiger partial charge in [0.15, 0.2) is 5.16 Å². The molecule has 0 fully saturated rings. The van der Waals surface area contributed by atoms with Crippen molar-refractivity contribution < 1.29 is 9.53 Å². The number of para-hydroxylation sites is 1. The van der Waals surface area contributed by atoms with Gasteiger partial charge in [0.1, 0.15) is 5.82 Å². The molecule has 0 spiro atoms. The molecular formula is C17H24N4O2S. The second kappa shape index (κ2) is 9.44. The number of hydrogen-bond donors (Lipinski definition) is 2. The summed E-state index contributed by atoms with van der Waals surface area (Å²) < 4.78 is 4.97. The predicted molar refractivity (Wildman–Crippen MR) is 98.5 cm³/mol. The number of methoxy groups -OCH3 is 1. The highest BCUT2D eigenvalue weighted by atomic mass is 32.2. The molecule has 2 N–H and O–H groups in total. The van der Waals surface area contributed by atoms with E-state index in [0.717, 1.165) is 29.7 Å². The Hall–Kier alpha value is -1.86. The Bertz CT molecular complexity index is 681. The lowest BCUT2D eigenvalue weighted by atomic mass is 10.2. The molecule has 0 aliphatic rings. The molecule has 0 radical (unpaired) electrons. The minimum atomic E-state index is -0.261. The lowest BCUT2D eigenvalue weighted by Gasteiger charge is -2.13. The van der Waals surface area contributed by atoms with Crippen LogP contribution in [-0.2, 0) is 9.53 Å². The van der Waals surface area contributed by atoms with Gasteiger partial charge in [0.05, 0.1) is 10.8 Å². The summed E-state index contributed by atoms with van der Waals surface area (Å²) in [4.78, 5) is 21.3. The van der Waals surface area contributed by atoms with E-state index in [4.69, 9.17) is 4.74 Å². The molecule has 0 saturated heterocycles. The van der Waals surface area contributed by atoms with Crippen molar-refractivity contribution in [2.45, 2.75) is 30.7 Å². The lowest BCUT2D eigenvalue weighted by molar-refractivity contribution is -0.120. The van der Waals surface area contributed by atoms with Crippen molar-refractivity contribution in [3.63, 3.8) is 0 Å². The van der Waals surface area contributed by atoms with E-state index in [1.165, 1.54) is 11.8 Å². The van der Waals surface area contributed by atoms with E-state index in [9.17, 15) is 4.79 Å². The van der Waals surface area contributed by atoms with Crippen LogP contribution in [0.1, 0.15) is 20.3 Å². The minimum absolute atomic E-state index is 0.0159. The molecule has 7 heteroatoms. The van der Waals surface area contributed by atoms with E-state index in [1.54, 1.807) is 7.11 Å². The first kappa shape index (κ1) is 18.5. The third-order valence-corrected chi connectivity index (χ3v) is 4.36. The van der Waals surface area contributed by atoms with E-state index >= 15 is 0 Å². The van der Waals surface area contributed by atoms with E-state index < -0.39 is 0 Å². The number of fused-ring (bicyclic) bond motifs is 1. The number of thioether (sulfide) groups is 1. The molecular weight excluding hydrogens is 324 g/mol. The Morgan fingerprint density at radius 2 is 2.12 bits per heavy atom. The van der Waals surface area contributed by atoms with Crippen molar-refractivity contribution in [1.82, 2.24) is 15.3 Å². The van der Waals surface area contributed by atoms with Gasteiger partial charge in [0.25, 0.3) is 0 Å². The molecule has 1 atom stereocenters. The van der Waals surface area contributed by atoms with Crippen LogP contribution >= 0.6 is 11.8 Å². The number of carbonyl (C=O) groups excluding carboxylic acids is 1. The van der Waals surface area contributed by atoms with Gasteiger partial charge in [0.2, 0.25) is 5.91 Å². The lowest BCUT2D eigenvalue weighted by Crippen LogP contribution is -2.32. The molecule has 0 aliphatic heterocycles. The van der Waals surface area contributed by atoms with E-state index in [-0.39, 0.29) is 11.2 Å². The number of nitrogens with one attached hydrogen (secondary N) is 2. The van der Waals surface area contributed by atoms with Crippen molar-refractivity contribution in [3.8, 4) is 0 Å². The maximum Gasteiger partial charge on any atom is 0.233 e. The zero-order valence-corrected chi connectivity index (χ0v) is 15.2. The van der Waals surface area contributed by atoms with Gasteiger partial charge < -0.3 is 15.4 Å². The largest absolute Gasteiger partial charge is 0.385 e. The van der Waals surface area contributed by atoms with Gasteiger partial charge in [-0.2, -0.15) is 0 Å². The van der Waals surface area contributed by atoms with Crippen LogP contribution in [0.25, 0.3) is 10.9 Å². The summed E-state index contributed by atoms with van der Waals surface area (Å²) in [6.07, 6.45) is 0.802. The monoisotopic (exact) mass is 348 g/mol. The van der Waals surface area contributed by atoms with Crippen LogP contribution in [0, 0.1) is 0 Å². The first-order valence-electron chi connectivity index (χ1n) is 8.09. The summed E-state index contributed by atoms with van der Waals surface area (Å²) in [5.74, 6) is 0.788. The second-order valence-electron chi connectivity index (χ2n) is 5.30. The molecule has 1 unspecified atom stereocenters. The van der Waals surface area contributed by atoms with Crippen molar-refractivity contribution in [2.75, 3.05) is 32.1 Å². The molecule has 2 aromatic rings. The van der Waals surface area contributed by atoms with Crippen molar-refractivity contribution in [1.29, 1.82) is 0 Å². The average Bonchev–Trinajstić information content (AvgIpc) is 2.59. The van der Waals surface area contributed by atoms with Gasteiger partial charge >= 0.3 is 0 Å². The first-order chi connectivity index (χ1) is 11.7. The van der Waals surface area contributed by atoms with Crippen LogP contribution in [0.4, 0.5) is 5.82 Å². The van der Waals surface area contributed by atoms with Crippen molar-refractivity contribution in [2.24, 2.45) is 0 Å². The Balaban J connectivity index is 2.07. The van der Waals surface area contributed by atoms with Gasteiger partial charge in [-0.25, -0.2) is 9.97 Å². The molecule has 1 aromatic heterocycles. The fraction of sp³-hybridized carbons (Fsp3) is 0.471. The Labute approximate surface area is 146 Å². The number of benzene rings is 1. The maximum absolute atomic E-state index is 12.1. The van der Waals surface area contributed by atoms with Gasteiger partial charge in [-0.1, -0.05) is 23.9 Å². The van der Waals surface area contributed by atoms with Crippen LogP contribution in [0.3, 0.4) is 0 Å². The average molecular weight is 348 g/mol. The SMILES string of the molecule is CCNc1nc(SC(C)C(=O)NCCCOC)nc2ccccc12. The molecule has 1 aromatic carbocycles. The summed E-state index contributed by atoms with van der Waals surface area (Å²) in [7, 11) is 1.65. The Morgan fingerprint density at radius 3 is 2.88 bits per heavy atom. The smallest absolute Gasteiger partial charge is 0.233 e. The summed E-state index contributed by atoms with van der Waals surface area (Å²) >= 11 is 1.36. The minimum Gasteiger partial charge on any atom is -0.385 e. The fourth-order valence-electron chi connectivity index (χ4n) is 2.19. The molecule has 6 nitrogen and oxygen atoms in total. The number of hydrogen-bond acceptors (Lipinski definition) is 6. The van der Waals surface area contributed by atoms with Crippen LogP contribution in [0.5, 0.6) is 0 Å². The molecule has 2 rings (SSSR count). The van der Waals surface area contributed by atoms with Gasteiger partial charge in [-0.3, -0.25) is 4.79 Å². The zero-order chi connectivity index (χ0) is 17.4. The molecule has 0 saturated carbocycles. The Morgan fingerprint density at radius 1 is 1.33 bits per heavy atom. The number of aromatic nitrogens is 2. The summed E-state index contributed by atoms with van der Waals surface area (Å²) in [6.45, 7) is 5.92. The van der Waals surface area contributed by atoms with Crippen LogP contribution in [0.15, 0.2) is 29.4 Å². The highest BCUT2D eigenvalue weighted by Gasteiger charge is 2.17. The van der Waals surface area contributed by atoms with E-state index in [1.807, 2.05) is 38.1 Å². The van der Waals surface area contributed by atoms with Gasteiger partial charge in [-0.15, -0.1) is 0 Å². The number of amides is 1. The molecule has 1 heterocycles. The summed E-state index contributed by atoms with van der Waals surface area (Å²) in [6, 6.07) is 7.87. The quantitative estimate of drug-likeness (QED) is 0.412. The van der Waals surface area contributed by atoms with Crippen molar-refractivity contribution >= 4 is 34.4 Å². The molecule has 24 heavy (non-hydrogen) atoms. The number of rotatable bonds is 9. The van der Waals surface area contributed by atoms with Crippen LogP contribution < -0.4 is 10.6 Å². The van der Waals surface area contributed by atoms with Crippen molar-refractivity contribution in [3.05, 3.63) is 24.3 Å². The standard InChI is InChI=1S/C17H24N4O2S/c1-4-18-15-13-8-5-6-9-14(13)20-17(21-15)24-12(2)16(22)19-10-7-11-23-3/h5-6,8-9,12H,4,7,10-11H2,1-3H3,(H,19,22)(H,18,20,21). The predicted octanol–water partition coefficient (Wildman–Crippen LogP) is 2.69. The third-order valence-electron chi connectivity index (χ3n) is 3.40. The Kier molecular flexibility index (Phi) is 7.27. The summed E-state index contributed by atoms with van der Waals surface area (Å²) in [5, 5.41) is 7.49. The normalized spacial score (nSPS) is 12.1. The number of anilines is 1. The fourth-order valence-corrected chi connectivity index (χ4v) is 3.00. The van der Waals surface area contributed by atoms with E-state index in [2.05, 4.69) is 20.6 Å². The molecule has 0 aliphatic carbocycles. The van der Waals surface area contributed by atoms with Crippen LogP contribution in [0.2, 0.25) is 0 Å². The van der Waals surface area contributed by atoms with Gasteiger partial charge in [0, 0.05) is 32.2 Å². The second-order valence-corrected chi connectivity index (χ2v) is 6.61. The number of ether oxygens (including phenoxy) is 1. The third kappa shape index (κ3) is 5.07. The number of nitrogens with zero attached hydrogens (tertiary/aromatic N) is 2.